The second-order valence-corrected chi connectivity index (χ2v) is 6.03. The van der Waals surface area contributed by atoms with Crippen LogP contribution in [0.25, 0.3) is 44.1 Å². The van der Waals surface area contributed by atoms with Crippen molar-refractivity contribution >= 4 is 32.8 Å². The molecule has 24 heavy (non-hydrogen) atoms. The molecule has 0 aliphatic carbocycles. The lowest BCUT2D eigenvalue weighted by Gasteiger charge is -2.00. The smallest absolute Gasteiger partial charge is 0.161 e. The molecule has 5 aromatic rings. The van der Waals surface area contributed by atoms with E-state index in [1.165, 1.54) is 0 Å². The maximum atomic E-state index is 6.29. The van der Waals surface area contributed by atoms with Gasteiger partial charge in [-0.05, 0) is 42.8 Å². The summed E-state index contributed by atoms with van der Waals surface area (Å²) in [6, 6.07) is 18.5. The van der Waals surface area contributed by atoms with Crippen molar-refractivity contribution in [2.75, 3.05) is 0 Å². The molecule has 0 radical (unpaired) electrons. The molecule has 3 heterocycles. The Kier molecular flexibility index (Phi) is 2.71. The van der Waals surface area contributed by atoms with Gasteiger partial charge in [0.05, 0.1) is 5.69 Å². The number of furan rings is 1. The Bertz CT molecular complexity index is 1210. The molecule has 0 aliphatic rings. The summed E-state index contributed by atoms with van der Waals surface area (Å²) in [6.45, 7) is 2.05. The third-order valence-corrected chi connectivity index (χ3v) is 4.39. The van der Waals surface area contributed by atoms with E-state index in [2.05, 4.69) is 41.2 Å². The van der Waals surface area contributed by atoms with Crippen LogP contribution < -0.4 is 0 Å². The summed E-state index contributed by atoms with van der Waals surface area (Å²) in [5.74, 6) is 0. The molecule has 3 nitrogen and oxygen atoms in total. The summed E-state index contributed by atoms with van der Waals surface area (Å²) < 4.78 is 6.29. The minimum Gasteiger partial charge on any atom is -0.453 e. The number of aryl methyl sites for hydroxylation is 1. The number of para-hydroxylation sites is 1. The van der Waals surface area contributed by atoms with Crippen LogP contribution in [-0.2, 0) is 0 Å². The summed E-state index contributed by atoms with van der Waals surface area (Å²) in [7, 11) is 0. The lowest BCUT2D eigenvalue weighted by atomic mass is 10.1. The first-order valence-corrected chi connectivity index (χ1v) is 7.93. The van der Waals surface area contributed by atoms with E-state index in [1.54, 1.807) is 6.20 Å². The Labute approximate surface area is 138 Å². The number of nitrogens with zero attached hydrogens (tertiary/aromatic N) is 2. The molecule has 0 unspecified atom stereocenters. The highest BCUT2D eigenvalue weighted by Crippen LogP contribution is 2.37. The molecule has 2 aromatic carbocycles. The number of rotatable bonds is 1. The zero-order valence-corrected chi connectivity index (χ0v) is 13.2. The van der Waals surface area contributed by atoms with Crippen LogP contribution in [0.5, 0.6) is 0 Å². The summed E-state index contributed by atoms with van der Waals surface area (Å²) in [5.41, 5.74) is 5.67. The highest BCUT2D eigenvalue weighted by molar-refractivity contribution is 6.16. The molecule has 0 N–H and O–H groups in total. The van der Waals surface area contributed by atoms with Gasteiger partial charge in [0.2, 0.25) is 0 Å². The fraction of sp³-hybridized carbons (Fsp3) is 0.0476. The fourth-order valence-corrected chi connectivity index (χ4v) is 3.29. The van der Waals surface area contributed by atoms with Gasteiger partial charge in [0.1, 0.15) is 11.1 Å². The zero-order valence-electron chi connectivity index (χ0n) is 13.2. The van der Waals surface area contributed by atoms with Crippen LogP contribution >= 0.6 is 0 Å². The maximum Gasteiger partial charge on any atom is 0.161 e. The van der Waals surface area contributed by atoms with Crippen LogP contribution in [0.1, 0.15) is 5.56 Å². The van der Waals surface area contributed by atoms with E-state index in [-0.39, 0.29) is 0 Å². The van der Waals surface area contributed by atoms with Crippen molar-refractivity contribution in [1.29, 1.82) is 0 Å². The molecule has 5 rings (SSSR count). The molecule has 0 atom stereocenters. The van der Waals surface area contributed by atoms with Crippen LogP contribution in [0, 0.1) is 6.92 Å². The average molecular weight is 310 g/mol. The SMILES string of the molecule is Cc1cnc2c(ccc3c4cccc(-c5ccccn5)c4oc32)c1. The molecular weight excluding hydrogens is 296 g/mol. The first-order chi connectivity index (χ1) is 11.8. The van der Waals surface area contributed by atoms with Gasteiger partial charge < -0.3 is 4.42 Å². The largest absolute Gasteiger partial charge is 0.453 e. The number of aromatic nitrogens is 2. The Morgan fingerprint density at radius 3 is 2.62 bits per heavy atom. The fourth-order valence-electron chi connectivity index (χ4n) is 3.29. The van der Waals surface area contributed by atoms with Gasteiger partial charge in [0, 0.05) is 34.1 Å². The molecule has 0 aliphatic heterocycles. The lowest BCUT2D eigenvalue weighted by Crippen LogP contribution is -1.81. The van der Waals surface area contributed by atoms with E-state index in [1.807, 2.05) is 36.5 Å². The van der Waals surface area contributed by atoms with E-state index in [0.717, 1.165) is 49.7 Å². The molecule has 3 heteroatoms. The van der Waals surface area contributed by atoms with Crippen molar-refractivity contribution in [3.05, 3.63) is 72.6 Å². The van der Waals surface area contributed by atoms with Crippen LogP contribution in [0.3, 0.4) is 0 Å². The van der Waals surface area contributed by atoms with Gasteiger partial charge in [-0.2, -0.15) is 0 Å². The van der Waals surface area contributed by atoms with Gasteiger partial charge >= 0.3 is 0 Å². The van der Waals surface area contributed by atoms with Crippen LogP contribution in [-0.4, -0.2) is 9.97 Å². The van der Waals surface area contributed by atoms with Gasteiger partial charge in [0.15, 0.2) is 5.58 Å². The van der Waals surface area contributed by atoms with Gasteiger partial charge in [0.25, 0.3) is 0 Å². The van der Waals surface area contributed by atoms with Crippen molar-refractivity contribution in [3.8, 4) is 11.3 Å². The van der Waals surface area contributed by atoms with E-state index < -0.39 is 0 Å². The van der Waals surface area contributed by atoms with Crippen LogP contribution in [0.2, 0.25) is 0 Å². The number of pyridine rings is 2. The van der Waals surface area contributed by atoms with Crippen molar-refractivity contribution in [2.45, 2.75) is 6.92 Å². The van der Waals surface area contributed by atoms with Crippen molar-refractivity contribution in [1.82, 2.24) is 9.97 Å². The van der Waals surface area contributed by atoms with Gasteiger partial charge in [-0.3, -0.25) is 9.97 Å². The molecule has 0 saturated heterocycles. The number of hydrogen-bond acceptors (Lipinski definition) is 3. The summed E-state index contributed by atoms with van der Waals surface area (Å²) in [6.07, 6.45) is 3.69. The molecule has 0 amide bonds. The van der Waals surface area contributed by atoms with E-state index in [4.69, 9.17) is 4.42 Å². The Balaban J connectivity index is 1.92. The number of hydrogen-bond donors (Lipinski definition) is 0. The topological polar surface area (TPSA) is 38.9 Å². The monoisotopic (exact) mass is 310 g/mol. The molecule has 0 fully saturated rings. The summed E-state index contributed by atoms with van der Waals surface area (Å²) in [4.78, 5) is 9.06. The molecule has 3 aromatic heterocycles. The highest BCUT2D eigenvalue weighted by atomic mass is 16.3. The van der Waals surface area contributed by atoms with Crippen LogP contribution in [0.15, 0.2) is 71.4 Å². The third-order valence-electron chi connectivity index (χ3n) is 4.39. The molecule has 0 bridgehead atoms. The Morgan fingerprint density at radius 1 is 0.833 bits per heavy atom. The number of benzene rings is 2. The predicted octanol–water partition coefficient (Wildman–Crippen LogP) is 5.50. The summed E-state index contributed by atoms with van der Waals surface area (Å²) in [5, 5.41) is 3.28. The normalized spacial score (nSPS) is 11.5. The molecule has 0 spiro atoms. The van der Waals surface area contributed by atoms with Crippen molar-refractivity contribution in [2.24, 2.45) is 0 Å². The Morgan fingerprint density at radius 2 is 1.75 bits per heavy atom. The molecular formula is C21H14N2O. The van der Waals surface area contributed by atoms with Gasteiger partial charge in [-0.1, -0.05) is 24.3 Å². The Hall–Kier alpha value is -3.20. The maximum absolute atomic E-state index is 6.29. The second-order valence-electron chi connectivity index (χ2n) is 6.03. The first kappa shape index (κ1) is 13.3. The molecule has 114 valence electrons. The quantitative estimate of drug-likeness (QED) is 0.410. The lowest BCUT2D eigenvalue weighted by molar-refractivity contribution is 0.672. The molecule has 0 saturated carbocycles. The van der Waals surface area contributed by atoms with Crippen molar-refractivity contribution in [3.63, 3.8) is 0 Å². The van der Waals surface area contributed by atoms with Crippen molar-refractivity contribution < 1.29 is 4.42 Å². The number of fused-ring (bicyclic) bond motifs is 5. The third kappa shape index (κ3) is 1.85. The van der Waals surface area contributed by atoms with Crippen LogP contribution in [0.4, 0.5) is 0 Å². The van der Waals surface area contributed by atoms with E-state index in [0.29, 0.717) is 0 Å². The minimum absolute atomic E-state index is 0.839. The van der Waals surface area contributed by atoms with E-state index >= 15 is 0 Å². The predicted molar refractivity (Wildman–Crippen MR) is 97.0 cm³/mol. The minimum atomic E-state index is 0.839. The highest BCUT2D eigenvalue weighted by Gasteiger charge is 2.15. The van der Waals surface area contributed by atoms with Gasteiger partial charge in [-0.15, -0.1) is 0 Å². The standard InChI is InChI=1S/C21H14N2O/c1-13-11-14-8-9-16-15-5-4-6-17(18-7-2-3-10-22-18)20(15)24-21(16)19(14)23-12-13/h2-12H,1H3. The average Bonchev–Trinajstić information content (AvgIpc) is 3.01. The summed E-state index contributed by atoms with van der Waals surface area (Å²) >= 11 is 0. The van der Waals surface area contributed by atoms with Gasteiger partial charge in [-0.25, -0.2) is 0 Å². The first-order valence-electron chi connectivity index (χ1n) is 7.93. The zero-order chi connectivity index (χ0) is 16.1. The second kappa shape index (κ2) is 4.90. The van der Waals surface area contributed by atoms with E-state index in [9.17, 15) is 0 Å².